The fourth-order valence-corrected chi connectivity index (χ4v) is 9.29. The smallest absolute Gasteiger partial charge is 0.231 e. The van der Waals surface area contributed by atoms with Crippen molar-refractivity contribution >= 4 is 38.2 Å². The highest BCUT2D eigenvalue weighted by molar-refractivity contribution is 6.17. The van der Waals surface area contributed by atoms with Gasteiger partial charge >= 0.3 is 0 Å². The van der Waals surface area contributed by atoms with Crippen LogP contribution < -0.4 is 40.5 Å². The lowest BCUT2D eigenvalue weighted by molar-refractivity contribution is -0.670. The van der Waals surface area contributed by atoms with E-state index in [1.165, 1.54) is 41.1 Å². The standard InChI is InChI=1S/C33H32NO5.BrH/c1-36-26-5-4-22-23-2-3-24-29-21(11-27-31(24)39-17-38-27)6-7-34(30(23)29)15-25(22)32(26)37-16-28(35)33-12-18-8-19(13-33)10-20(9-18)14-33;/h2-5,11,15,18-20H,6-10,12-14,16-17H2,1H3;1H/q+1;/p-1. The highest BCUT2D eigenvalue weighted by Gasteiger charge is 2.54. The molecule has 0 atom stereocenters. The summed E-state index contributed by atoms with van der Waals surface area (Å²) in [4.78, 5) is 13.8. The lowest BCUT2D eigenvalue weighted by atomic mass is 9.48. The zero-order valence-corrected chi connectivity index (χ0v) is 24.2. The number of Topliss-reactive ketones (excluding diaryl/α,β-unsaturated/α-hetero) is 1. The molecule has 3 aromatic carbocycles. The summed E-state index contributed by atoms with van der Waals surface area (Å²) < 4.78 is 26.2. The first-order valence-corrected chi connectivity index (χ1v) is 14.5. The molecule has 4 aliphatic carbocycles. The molecule has 1 aromatic heterocycles. The van der Waals surface area contributed by atoms with Gasteiger partial charge in [0, 0.05) is 22.6 Å². The highest BCUT2D eigenvalue weighted by atomic mass is 79.9. The van der Waals surface area contributed by atoms with Crippen molar-refractivity contribution in [3.8, 4) is 23.0 Å². The maximum absolute atomic E-state index is 13.8. The number of ketones is 1. The number of pyridine rings is 1. The van der Waals surface area contributed by atoms with E-state index in [9.17, 15) is 4.79 Å². The highest BCUT2D eigenvalue weighted by Crippen LogP contribution is 2.60. The predicted molar refractivity (Wildman–Crippen MR) is 147 cm³/mol. The van der Waals surface area contributed by atoms with Gasteiger partial charge in [0.1, 0.15) is 6.61 Å². The maximum atomic E-state index is 13.8. The lowest BCUT2D eigenvalue weighted by Crippen LogP contribution is -3.00. The second kappa shape index (κ2) is 8.72. The van der Waals surface area contributed by atoms with Crippen molar-refractivity contribution in [2.75, 3.05) is 20.5 Å². The molecule has 10 rings (SSSR count). The summed E-state index contributed by atoms with van der Waals surface area (Å²) in [6, 6.07) is 10.6. The third-order valence-corrected chi connectivity index (χ3v) is 10.5. The van der Waals surface area contributed by atoms with Gasteiger partial charge in [-0.3, -0.25) is 4.79 Å². The Morgan fingerprint density at radius 1 is 0.975 bits per heavy atom. The van der Waals surface area contributed by atoms with Crippen LogP contribution in [0.1, 0.15) is 44.1 Å². The first-order chi connectivity index (χ1) is 19.1. The summed E-state index contributed by atoms with van der Waals surface area (Å²) in [6.07, 6.45) is 10.3. The van der Waals surface area contributed by atoms with E-state index in [2.05, 4.69) is 35.0 Å². The number of methoxy groups -OCH3 is 1. The first-order valence-electron chi connectivity index (χ1n) is 14.5. The Bertz CT molecular complexity index is 1710. The fourth-order valence-electron chi connectivity index (χ4n) is 9.29. The Balaban J connectivity index is 0.00000245. The summed E-state index contributed by atoms with van der Waals surface area (Å²) in [5.74, 6) is 5.54. The van der Waals surface area contributed by atoms with E-state index < -0.39 is 0 Å². The number of hydrogen-bond acceptors (Lipinski definition) is 5. The van der Waals surface area contributed by atoms with Gasteiger partial charge in [0.2, 0.25) is 12.3 Å². The van der Waals surface area contributed by atoms with Crippen LogP contribution in [0, 0.1) is 23.2 Å². The number of halogens is 1. The Morgan fingerprint density at radius 2 is 1.70 bits per heavy atom. The Morgan fingerprint density at radius 3 is 2.45 bits per heavy atom. The van der Waals surface area contributed by atoms with Gasteiger partial charge < -0.3 is 35.9 Å². The van der Waals surface area contributed by atoms with Gasteiger partial charge in [-0.25, -0.2) is 0 Å². The normalized spacial score (nSPS) is 27.0. The molecule has 40 heavy (non-hydrogen) atoms. The average Bonchev–Trinajstić information content (AvgIpc) is 3.42. The van der Waals surface area contributed by atoms with Crippen LogP contribution in [0.4, 0.5) is 0 Å². The zero-order chi connectivity index (χ0) is 25.9. The molecule has 4 saturated carbocycles. The third kappa shape index (κ3) is 3.33. The van der Waals surface area contributed by atoms with Crippen LogP contribution in [0.2, 0.25) is 0 Å². The van der Waals surface area contributed by atoms with Crippen LogP contribution in [-0.4, -0.2) is 26.3 Å². The van der Waals surface area contributed by atoms with Crippen LogP contribution >= 0.6 is 0 Å². The molecule has 6 nitrogen and oxygen atoms in total. The first kappa shape index (κ1) is 24.7. The minimum absolute atomic E-state index is 0. The fraction of sp³-hybridized carbons (Fsp3) is 0.455. The topological polar surface area (TPSA) is 57.9 Å². The van der Waals surface area contributed by atoms with Gasteiger partial charge in [-0.2, -0.15) is 4.57 Å². The van der Waals surface area contributed by atoms with E-state index in [1.807, 2.05) is 6.07 Å². The van der Waals surface area contributed by atoms with Gasteiger partial charge in [0.05, 0.1) is 23.3 Å². The summed E-state index contributed by atoms with van der Waals surface area (Å²) in [7, 11) is 1.68. The van der Waals surface area contributed by atoms with Gasteiger partial charge in [-0.05, 0) is 92.2 Å². The lowest BCUT2D eigenvalue weighted by Gasteiger charge is -2.55. The van der Waals surface area contributed by atoms with Crippen LogP contribution in [0.25, 0.3) is 32.4 Å². The monoisotopic (exact) mass is 601 g/mol. The molecular weight excluding hydrogens is 570 g/mol. The van der Waals surface area contributed by atoms with Crippen molar-refractivity contribution in [1.82, 2.24) is 0 Å². The molecule has 3 heterocycles. The number of carbonyl (C=O) groups is 1. The SMILES string of the molecule is COc1ccc2c(c[n+]3c4c2ccc2c5c(cc(c24)CC3)OCO5)c1OCC(=O)C12CC3CC(CC(C3)C1)C2.[Br-]. The Kier molecular flexibility index (Phi) is 5.39. The molecule has 4 bridgehead atoms. The summed E-state index contributed by atoms with van der Waals surface area (Å²) in [5.41, 5.74) is 2.34. The molecule has 206 valence electrons. The molecule has 0 N–H and O–H groups in total. The minimum Gasteiger partial charge on any atom is -1.00 e. The number of aryl methyl sites for hydroxylation is 2. The molecule has 4 aromatic rings. The Hall–Kier alpha value is -3.06. The van der Waals surface area contributed by atoms with Crippen LogP contribution in [0.5, 0.6) is 23.0 Å². The number of nitrogens with zero attached hydrogens (tertiary/aromatic N) is 1. The zero-order valence-electron chi connectivity index (χ0n) is 22.6. The average molecular weight is 603 g/mol. The number of benzene rings is 3. The maximum Gasteiger partial charge on any atom is 0.231 e. The van der Waals surface area contributed by atoms with Gasteiger partial charge in [-0.15, -0.1) is 0 Å². The van der Waals surface area contributed by atoms with E-state index >= 15 is 0 Å². The summed E-state index contributed by atoms with van der Waals surface area (Å²) >= 11 is 0. The van der Waals surface area contributed by atoms with Crippen molar-refractivity contribution in [1.29, 1.82) is 0 Å². The van der Waals surface area contributed by atoms with E-state index in [0.717, 1.165) is 77.6 Å². The van der Waals surface area contributed by atoms with E-state index in [0.29, 0.717) is 17.3 Å². The number of ether oxygens (including phenoxy) is 4. The van der Waals surface area contributed by atoms with Crippen molar-refractivity contribution in [2.45, 2.75) is 51.5 Å². The van der Waals surface area contributed by atoms with Crippen LogP contribution in [0.15, 0.2) is 36.5 Å². The molecule has 0 amide bonds. The van der Waals surface area contributed by atoms with Crippen LogP contribution in [0.3, 0.4) is 0 Å². The van der Waals surface area contributed by atoms with E-state index in [-0.39, 0.29) is 35.8 Å². The minimum atomic E-state index is -0.165. The summed E-state index contributed by atoms with van der Waals surface area (Å²) in [6.45, 7) is 1.25. The van der Waals surface area contributed by atoms with E-state index in [1.54, 1.807) is 7.11 Å². The quantitative estimate of drug-likeness (QED) is 0.260. The molecule has 7 heteroatoms. The molecule has 6 aliphatic rings. The third-order valence-electron chi connectivity index (χ3n) is 10.5. The molecule has 4 fully saturated rings. The molecule has 0 saturated heterocycles. The Labute approximate surface area is 243 Å². The number of fused-ring (bicyclic) bond motifs is 4. The van der Waals surface area contributed by atoms with Gasteiger partial charge in [-0.1, -0.05) is 0 Å². The van der Waals surface area contributed by atoms with Crippen molar-refractivity contribution < 1.29 is 45.3 Å². The number of rotatable bonds is 5. The number of aromatic nitrogens is 1. The van der Waals surface area contributed by atoms with Gasteiger partial charge in [0.15, 0.2) is 41.5 Å². The second-order valence-electron chi connectivity index (χ2n) is 12.7. The number of carbonyl (C=O) groups excluding carboxylic acids is 1. The molecule has 2 aliphatic heterocycles. The number of hydrogen-bond donors (Lipinski definition) is 0. The predicted octanol–water partition coefficient (Wildman–Crippen LogP) is 2.90. The second-order valence-corrected chi connectivity index (χ2v) is 12.7. The molecular formula is C33H32BrNO5. The largest absolute Gasteiger partial charge is 1.00 e. The van der Waals surface area contributed by atoms with Crippen molar-refractivity contribution in [3.63, 3.8) is 0 Å². The van der Waals surface area contributed by atoms with Crippen molar-refractivity contribution in [2.24, 2.45) is 23.2 Å². The summed E-state index contributed by atoms with van der Waals surface area (Å²) in [5, 5.41) is 5.60. The molecule has 0 spiro atoms. The van der Waals surface area contributed by atoms with E-state index in [4.69, 9.17) is 18.9 Å². The van der Waals surface area contributed by atoms with Crippen molar-refractivity contribution in [3.05, 3.63) is 42.1 Å². The molecule has 0 unspecified atom stereocenters. The van der Waals surface area contributed by atoms with Gasteiger partial charge in [0.25, 0.3) is 0 Å². The molecule has 0 radical (unpaired) electrons. The van der Waals surface area contributed by atoms with Crippen LogP contribution in [-0.2, 0) is 17.8 Å².